The molecule has 0 fully saturated rings. The minimum absolute atomic E-state index is 0.0533. The van der Waals surface area contributed by atoms with Crippen molar-refractivity contribution < 1.29 is 4.74 Å². The Hall–Kier alpha value is -2.24. The lowest BCUT2D eigenvalue weighted by atomic mass is 10.1. The number of guanidine groups is 2. The molecule has 0 heterocycles. The average molecular weight is 249 g/mol. The fraction of sp³-hybridized carbons (Fsp3) is 0.333. The molecule has 5 N–H and O–H groups in total. The summed E-state index contributed by atoms with van der Waals surface area (Å²) >= 11 is 0. The molecule has 0 saturated carbocycles. The van der Waals surface area contributed by atoms with Crippen molar-refractivity contribution in [1.82, 2.24) is 5.32 Å². The Kier molecular flexibility index (Phi) is 4.53. The molecule has 1 aromatic carbocycles. The van der Waals surface area contributed by atoms with Crippen molar-refractivity contribution >= 4 is 17.6 Å². The predicted molar refractivity (Wildman–Crippen MR) is 73.5 cm³/mol. The van der Waals surface area contributed by atoms with Gasteiger partial charge in [0.25, 0.3) is 0 Å². The Morgan fingerprint density at radius 1 is 1.44 bits per heavy atom. The van der Waals surface area contributed by atoms with E-state index in [9.17, 15) is 0 Å². The fourth-order valence-electron chi connectivity index (χ4n) is 1.77. The molecule has 0 aliphatic carbocycles. The third-order valence-corrected chi connectivity index (χ3v) is 2.53. The van der Waals surface area contributed by atoms with Crippen molar-refractivity contribution in [3.05, 3.63) is 23.8 Å². The molecule has 18 heavy (non-hydrogen) atoms. The van der Waals surface area contributed by atoms with Gasteiger partial charge in [-0.3, -0.25) is 16.1 Å². The van der Waals surface area contributed by atoms with Crippen LogP contribution in [-0.4, -0.2) is 25.6 Å². The quantitative estimate of drug-likeness (QED) is 0.478. The number of methoxy groups -OCH3 is 1. The number of nitrogens with zero attached hydrogens (tertiary/aromatic N) is 1. The van der Waals surface area contributed by atoms with Crippen LogP contribution >= 0.6 is 0 Å². The molecule has 0 saturated heterocycles. The lowest BCUT2D eigenvalue weighted by Gasteiger charge is -2.27. The number of benzene rings is 1. The molecule has 6 nitrogen and oxygen atoms in total. The number of rotatable bonds is 3. The predicted octanol–water partition coefficient (Wildman–Crippen LogP) is 1.25. The zero-order valence-electron chi connectivity index (χ0n) is 10.9. The molecule has 1 aromatic rings. The summed E-state index contributed by atoms with van der Waals surface area (Å²) in [6.07, 6.45) is 0. The van der Waals surface area contributed by atoms with E-state index < -0.39 is 0 Å². The van der Waals surface area contributed by atoms with Gasteiger partial charge in [-0.05, 0) is 25.5 Å². The Balaban J connectivity index is 3.16. The maximum atomic E-state index is 7.92. The zero-order valence-corrected chi connectivity index (χ0v) is 10.9. The first-order chi connectivity index (χ1) is 8.51. The van der Waals surface area contributed by atoms with E-state index in [1.165, 1.54) is 0 Å². The van der Waals surface area contributed by atoms with Gasteiger partial charge in [0.05, 0.1) is 12.8 Å². The molecule has 0 aliphatic rings. The SMILES string of the molecule is CCN(C(=N)NC(=N)N)c1c(C)cccc1OC. The number of aryl methyl sites for hydroxylation is 1. The molecule has 0 spiro atoms. The topological polar surface area (TPSA) is 98.2 Å². The van der Waals surface area contributed by atoms with Gasteiger partial charge >= 0.3 is 0 Å². The van der Waals surface area contributed by atoms with E-state index in [0.717, 1.165) is 11.3 Å². The normalized spacial score (nSPS) is 9.72. The average Bonchev–Trinajstić information content (AvgIpc) is 2.31. The summed E-state index contributed by atoms with van der Waals surface area (Å²) in [5.41, 5.74) is 7.04. The monoisotopic (exact) mass is 249 g/mol. The summed E-state index contributed by atoms with van der Waals surface area (Å²) < 4.78 is 5.31. The number of nitrogens with two attached hydrogens (primary N) is 1. The summed E-state index contributed by atoms with van der Waals surface area (Å²) in [7, 11) is 1.59. The molecular formula is C12H19N5O. The van der Waals surface area contributed by atoms with E-state index in [4.69, 9.17) is 21.3 Å². The van der Waals surface area contributed by atoms with Gasteiger partial charge in [-0.2, -0.15) is 0 Å². The Morgan fingerprint density at radius 3 is 2.61 bits per heavy atom. The van der Waals surface area contributed by atoms with Crippen LogP contribution in [0.4, 0.5) is 5.69 Å². The van der Waals surface area contributed by atoms with Crippen molar-refractivity contribution in [2.75, 3.05) is 18.6 Å². The van der Waals surface area contributed by atoms with Crippen molar-refractivity contribution in [1.29, 1.82) is 10.8 Å². The van der Waals surface area contributed by atoms with Crippen molar-refractivity contribution in [3.8, 4) is 5.75 Å². The number of hydrogen-bond acceptors (Lipinski definition) is 3. The minimum Gasteiger partial charge on any atom is -0.495 e. The first kappa shape index (κ1) is 13.8. The molecule has 0 unspecified atom stereocenters. The summed E-state index contributed by atoms with van der Waals surface area (Å²) in [5.74, 6) is 0.482. The second-order valence-electron chi connectivity index (χ2n) is 3.76. The maximum absolute atomic E-state index is 7.92. The van der Waals surface area contributed by atoms with Gasteiger partial charge in [-0.1, -0.05) is 12.1 Å². The largest absolute Gasteiger partial charge is 0.495 e. The lowest BCUT2D eigenvalue weighted by Crippen LogP contribution is -2.46. The van der Waals surface area contributed by atoms with Gasteiger partial charge < -0.3 is 15.4 Å². The maximum Gasteiger partial charge on any atom is 0.202 e. The van der Waals surface area contributed by atoms with Crippen LogP contribution in [-0.2, 0) is 0 Å². The standard InChI is InChI=1S/C12H19N5O/c1-4-17(12(15)16-11(13)14)10-8(2)6-5-7-9(10)18-3/h5-7H,4H2,1-3H3,(H5,13,14,15,16). The van der Waals surface area contributed by atoms with Gasteiger partial charge in [-0.15, -0.1) is 0 Å². The number of ether oxygens (including phenoxy) is 1. The van der Waals surface area contributed by atoms with Crippen molar-refractivity contribution in [2.24, 2.45) is 5.73 Å². The van der Waals surface area contributed by atoms with Gasteiger partial charge in [0.15, 0.2) is 5.96 Å². The van der Waals surface area contributed by atoms with E-state index in [2.05, 4.69) is 5.32 Å². The lowest BCUT2D eigenvalue weighted by molar-refractivity contribution is 0.415. The number of anilines is 1. The van der Waals surface area contributed by atoms with Crippen LogP contribution in [0.2, 0.25) is 0 Å². The third kappa shape index (κ3) is 2.91. The van der Waals surface area contributed by atoms with Crippen LogP contribution in [0.3, 0.4) is 0 Å². The zero-order chi connectivity index (χ0) is 13.7. The summed E-state index contributed by atoms with van der Waals surface area (Å²) in [5, 5.41) is 17.6. The minimum atomic E-state index is -0.258. The molecule has 0 radical (unpaired) electrons. The Bertz CT molecular complexity index is 458. The molecule has 0 aromatic heterocycles. The molecule has 0 amide bonds. The van der Waals surface area contributed by atoms with E-state index in [-0.39, 0.29) is 11.9 Å². The van der Waals surface area contributed by atoms with E-state index in [1.807, 2.05) is 32.0 Å². The van der Waals surface area contributed by atoms with Crippen LogP contribution in [0.5, 0.6) is 5.75 Å². The van der Waals surface area contributed by atoms with Crippen LogP contribution in [0.1, 0.15) is 12.5 Å². The number of hydrogen-bond donors (Lipinski definition) is 4. The Morgan fingerprint density at radius 2 is 2.11 bits per heavy atom. The molecule has 0 bridgehead atoms. The van der Waals surface area contributed by atoms with E-state index in [1.54, 1.807) is 12.0 Å². The Labute approximate surface area is 107 Å². The van der Waals surface area contributed by atoms with Gasteiger partial charge in [0, 0.05) is 6.54 Å². The van der Waals surface area contributed by atoms with Crippen molar-refractivity contribution in [2.45, 2.75) is 13.8 Å². The van der Waals surface area contributed by atoms with Crippen LogP contribution in [0.25, 0.3) is 0 Å². The smallest absolute Gasteiger partial charge is 0.202 e. The number of para-hydroxylation sites is 1. The van der Waals surface area contributed by atoms with Crippen LogP contribution in [0.15, 0.2) is 18.2 Å². The molecule has 98 valence electrons. The first-order valence-corrected chi connectivity index (χ1v) is 5.62. The van der Waals surface area contributed by atoms with Gasteiger partial charge in [0.2, 0.25) is 5.96 Å². The summed E-state index contributed by atoms with van der Waals surface area (Å²) in [4.78, 5) is 1.70. The highest BCUT2D eigenvalue weighted by Gasteiger charge is 2.17. The van der Waals surface area contributed by atoms with Gasteiger partial charge in [0.1, 0.15) is 5.75 Å². The molecule has 0 atom stereocenters. The van der Waals surface area contributed by atoms with Crippen molar-refractivity contribution in [3.63, 3.8) is 0 Å². The number of nitrogens with one attached hydrogen (secondary N) is 3. The fourth-order valence-corrected chi connectivity index (χ4v) is 1.77. The van der Waals surface area contributed by atoms with E-state index in [0.29, 0.717) is 12.3 Å². The highest BCUT2D eigenvalue weighted by atomic mass is 16.5. The third-order valence-electron chi connectivity index (χ3n) is 2.53. The molecular weight excluding hydrogens is 230 g/mol. The highest BCUT2D eigenvalue weighted by Crippen LogP contribution is 2.31. The molecule has 0 aliphatic heterocycles. The van der Waals surface area contributed by atoms with E-state index >= 15 is 0 Å². The second-order valence-corrected chi connectivity index (χ2v) is 3.76. The first-order valence-electron chi connectivity index (χ1n) is 5.62. The van der Waals surface area contributed by atoms with Crippen LogP contribution < -0.4 is 20.7 Å². The molecule has 6 heteroatoms. The summed E-state index contributed by atoms with van der Waals surface area (Å²) in [6.45, 7) is 4.43. The second kappa shape index (κ2) is 5.90. The van der Waals surface area contributed by atoms with Gasteiger partial charge in [-0.25, -0.2) is 0 Å². The molecule has 1 rings (SSSR count). The summed E-state index contributed by atoms with van der Waals surface area (Å²) in [6, 6.07) is 5.68. The highest BCUT2D eigenvalue weighted by molar-refractivity contribution is 6.04. The van der Waals surface area contributed by atoms with Crippen LogP contribution in [0, 0.1) is 17.7 Å².